The van der Waals surface area contributed by atoms with Gasteiger partial charge >= 0.3 is 0 Å². The van der Waals surface area contributed by atoms with Crippen LogP contribution >= 0.6 is 0 Å². The van der Waals surface area contributed by atoms with Gasteiger partial charge in [0.1, 0.15) is 5.82 Å². The maximum Gasteiger partial charge on any atom is 0.234 e. The van der Waals surface area contributed by atoms with Crippen molar-refractivity contribution >= 4 is 11.7 Å². The molecular formula is C24H34N4O3. The second kappa shape index (κ2) is 11.0. The lowest BCUT2D eigenvalue weighted by atomic mass is 10.1. The first-order valence-corrected chi connectivity index (χ1v) is 10.9. The molecule has 1 aromatic heterocycles. The van der Waals surface area contributed by atoms with Crippen molar-refractivity contribution < 1.29 is 14.3 Å². The molecule has 0 radical (unpaired) electrons. The van der Waals surface area contributed by atoms with E-state index >= 15 is 0 Å². The standard InChI is InChI=1S/C24H34N4O3/c1-18(2)17-31-21-9-8-20(15-22(21)30-4)19(3)26-24(29)16-27-11-13-28(14-12-27)23-7-5-6-10-25-23/h5-10,15,18-19H,11-14,16-17H2,1-4H3,(H,26,29). The quantitative estimate of drug-likeness (QED) is 0.665. The number of amides is 1. The largest absolute Gasteiger partial charge is 0.493 e. The third-order valence-corrected chi connectivity index (χ3v) is 5.35. The lowest BCUT2D eigenvalue weighted by molar-refractivity contribution is -0.123. The van der Waals surface area contributed by atoms with E-state index in [1.54, 1.807) is 7.11 Å². The van der Waals surface area contributed by atoms with Gasteiger partial charge in [0.05, 0.1) is 26.3 Å². The number of anilines is 1. The number of ether oxygens (including phenoxy) is 2. The topological polar surface area (TPSA) is 66.9 Å². The van der Waals surface area contributed by atoms with Gasteiger partial charge in [0.25, 0.3) is 0 Å². The third kappa shape index (κ3) is 6.59. The molecule has 0 aliphatic carbocycles. The van der Waals surface area contributed by atoms with Crippen molar-refractivity contribution in [2.75, 3.05) is 51.3 Å². The molecule has 2 aromatic rings. The number of carbonyl (C=O) groups excluding carboxylic acids is 1. The van der Waals surface area contributed by atoms with Crippen LogP contribution in [0.3, 0.4) is 0 Å². The molecule has 1 aromatic carbocycles. The van der Waals surface area contributed by atoms with Crippen LogP contribution in [0.4, 0.5) is 5.82 Å². The summed E-state index contributed by atoms with van der Waals surface area (Å²) >= 11 is 0. The van der Waals surface area contributed by atoms with Crippen molar-refractivity contribution in [3.63, 3.8) is 0 Å². The number of methoxy groups -OCH3 is 1. The van der Waals surface area contributed by atoms with Gasteiger partial charge in [0.2, 0.25) is 5.91 Å². The van der Waals surface area contributed by atoms with Crippen molar-refractivity contribution in [1.29, 1.82) is 0 Å². The average molecular weight is 427 g/mol. The predicted octanol–water partition coefficient (Wildman–Crippen LogP) is 3.12. The molecule has 3 rings (SSSR count). The van der Waals surface area contributed by atoms with Crippen LogP contribution in [0.5, 0.6) is 11.5 Å². The molecule has 2 heterocycles. The van der Waals surface area contributed by atoms with E-state index < -0.39 is 0 Å². The Morgan fingerprint density at radius 3 is 2.52 bits per heavy atom. The number of aromatic nitrogens is 1. The summed E-state index contributed by atoms with van der Waals surface area (Å²) in [6.45, 7) is 10.7. The molecule has 1 N–H and O–H groups in total. The number of rotatable bonds is 9. The normalized spacial score (nSPS) is 15.6. The summed E-state index contributed by atoms with van der Waals surface area (Å²) in [5.74, 6) is 2.87. The van der Waals surface area contributed by atoms with Gasteiger partial charge in [-0.15, -0.1) is 0 Å². The van der Waals surface area contributed by atoms with Gasteiger partial charge in [-0.1, -0.05) is 26.0 Å². The number of nitrogens with zero attached hydrogens (tertiary/aromatic N) is 3. The Balaban J connectivity index is 1.49. The summed E-state index contributed by atoms with van der Waals surface area (Å²) in [6.07, 6.45) is 1.81. The maximum atomic E-state index is 12.6. The van der Waals surface area contributed by atoms with E-state index in [1.165, 1.54) is 0 Å². The second-order valence-corrected chi connectivity index (χ2v) is 8.36. The molecular weight excluding hydrogens is 392 g/mol. The highest BCUT2D eigenvalue weighted by atomic mass is 16.5. The highest BCUT2D eigenvalue weighted by Gasteiger charge is 2.21. The van der Waals surface area contributed by atoms with Crippen molar-refractivity contribution in [3.05, 3.63) is 48.2 Å². The summed E-state index contributed by atoms with van der Waals surface area (Å²) in [6, 6.07) is 11.7. The van der Waals surface area contributed by atoms with Gasteiger partial charge in [-0.05, 0) is 42.7 Å². The molecule has 0 spiro atoms. The molecule has 1 aliphatic heterocycles. The van der Waals surface area contributed by atoms with E-state index in [4.69, 9.17) is 9.47 Å². The zero-order valence-corrected chi connectivity index (χ0v) is 19.0. The van der Waals surface area contributed by atoms with Crippen LogP contribution < -0.4 is 19.7 Å². The fraction of sp³-hybridized carbons (Fsp3) is 0.500. The minimum atomic E-state index is -0.115. The van der Waals surface area contributed by atoms with E-state index in [1.807, 2.05) is 49.5 Å². The number of piperazine rings is 1. The van der Waals surface area contributed by atoms with Crippen molar-refractivity contribution in [3.8, 4) is 11.5 Å². The van der Waals surface area contributed by atoms with E-state index in [-0.39, 0.29) is 11.9 Å². The van der Waals surface area contributed by atoms with Gasteiger partial charge < -0.3 is 19.7 Å². The second-order valence-electron chi connectivity index (χ2n) is 8.36. The fourth-order valence-electron chi connectivity index (χ4n) is 3.58. The Morgan fingerprint density at radius 1 is 1.10 bits per heavy atom. The summed E-state index contributed by atoms with van der Waals surface area (Å²) in [5.41, 5.74) is 0.988. The Hall–Kier alpha value is -2.80. The highest BCUT2D eigenvalue weighted by Crippen LogP contribution is 2.30. The molecule has 1 aliphatic rings. The van der Waals surface area contributed by atoms with Gasteiger partial charge in [-0.3, -0.25) is 9.69 Å². The number of benzene rings is 1. The van der Waals surface area contributed by atoms with Crippen LogP contribution in [0.25, 0.3) is 0 Å². The first-order valence-electron chi connectivity index (χ1n) is 10.9. The molecule has 7 heteroatoms. The van der Waals surface area contributed by atoms with Crippen LogP contribution in [0.15, 0.2) is 42.6 Å². The zero-order valence-electron chi connectivity index (χ0n) is 19.0. The van der Waals surface area contributed by atoms with Crippen LogP contribution in [0.2, 0.25) is 0 Å². The smallest absolute Gasteiger partial charge is 0.234 e. The van der Waals surface area contributed by atoms with Gasteiger partial charge in [-0.25, -0.2) is 4.98 Å². The van der Waals surface area contributed by atoms with Crippen molar-refractivity contribution in [1.82, 2.24) is 15.2 Å². The monoisotopic (exact) mass is 426 g/mol. The number of hydrogen-bond donors (Lipinski definition) is 1. The SMILES string of the molecule is COc1cc(C(C)NC(=O)CN2CCN(c3ccccn3)CC2)ccc1OCC(C)C. The first kappa shape index (κ1) is 22.9. The summed E-state index contributed by atoms with van der Waals surface area (Å²) in [4.78, 5) is 21.5. The Bertz CT molecular complexity index is 836. The molecule has 1 atom stereocenters. The van der Waals surface area contributed by atoms with E-state index in [0.29, 0.717) is 24.8 Å². The predicted molar refractivity (Wildman–Crippen MR) is 123 cm³/mol. The van der Waals surface area contributed by atoms with E-state index in [9.17, 15) is 4.79 Å². The summed E-state index contributed by atoms with van der Waals surface area (Å²) in [7, 11) is 1.63. The minimum absolute atomic E-state index is 0.0258. The minimum Gasteiger partial charge on any atom is -0.493 e. The van der Waals surface area contributed by atoms with Crippen LogP contribution in [0, 0.1) is 5.92 Å². The van der Waals surface area contributed by atoms with Crippen LogP contribution in [0.1, 0.15) is 32.4 Å². The molecule has 31 heavy (non-hydrogen) atoms. The molecule has 1 saturated heterocycles. The lowest BCUT2D eigenvalue weighted by Crippen LogP contribution is -2.49. The maximum absolute atomic E-state index is 12.6. The highest BCUT2D eigenvalue weighted by molar-refractivity contribution is 5.78. The third-order valence-electron chi connectivity index (χ3n) is 5.35. The van der Waals surface area contributed by atoms with Crippen molar-refractivity contribution in [2.24, 2.45) is 5.92 Å². The zero-order chi connectivity index (χ0) is 22.2. The summed E-state index contributed by atoms with van der Waals surface area (Å²) < 4.78 is 11.3. The number of pyridine rings is 1. The Kier molecular flexibility index (Phi) is 8.12. The number of carbonyl (C=O) groups is 1. The molecule has 7 nitrogen and oxygen atoms in total. The van der Waals surface area contributed by atoms with Crippen LogP contribution in [-0.2, 0) is 4.79 Å². The van der Waals surface area contributed by atoms with Gasteiger partial charge in [0.15, 0.2) is 11.5 Å². The number of nitrogens with one attached hydrogen (secondary N) is 1. The van der Waals surface area contributed by atoms with E-state index in [2.05, 4.69) is 33.9 Å². The van der Waals surface area contributed by atoms with Crippen molar-refractivity contribution in [2.45, 2.75) is 26.8 Å². The molecule has 168 valence electrons. The first-order chi connectivity index (χ1) is 15.0. The molecule has 0 bridgehead atoms. The lowest BCUT2D eigenvalue weighted by Gasteiger charge is -2.35. The molecule has 1 unspecified atom stereocenters. The van der Waals surface area contributed by atoms with Gasteiger partial charge in [-0.2, -0.15) is 0 Å². The number of hydrogen-bond acceptors (Lipinski definition) is 6. The van der Waals surface area contributed by atoms with Gasteiger partial charge in [0, 0.05) is 32.4 Å². The Morgan fingerprint density at radius 2 is 1.87 bits per heavy atom. The molecule has 0 saturated carbocycles. The molecule has 1 fully saturated rings. The summed E-state index contributed by atoms with van der Waals surface area (Å²) in [5, 5.41) is 3.10. The average Bonchev–Trinajstić information content (AvgIpc) is 2.78. The molecule has 1 amide bonds. The Labute approximate surface area is 185 Å². The fourth-order valence-corrected chi connectivity index (χ4v) is 3.58. The van der Waals surface area contributed by atoms with E-state index in [0.717, 1.165) is 43.3 Å². The van der Waals surface area contributed by atoms with Crippen LogP contribution in [-0.4, -0.2) is 62.2 Å².